The molecule has 2 aliphatic carbocycles. The second kappa shape index (κ2) is 6.61. The van der Waals surface area contributed by atoms with E-state index < -0.39 is 0 Å². The lowest BCUT2D eigenvalue weighted by atomic mass is 9.90. The van der Waals surface area contributed by atoms with Gasteiger partial charge in [0.2, 0.25) is 0 Å². The molecule has 0 heterocycles. The summed E-state index contributed by atoms with van der Waals surface area (Å²) in [4.78, 5) is 0. The molecule has 16 heavy (non-hydrogen) atoms. The largest absolute Gasteiger partial charge is 0.381 e. The third-order valence-electron chi connectivity index (χ3n) is 4.43. The van der Waals surface area contributed by atoms with Gasteiger partial charge in [0, 0.05) is 19.3 Å². The zero-order valence-electron chi connectivity index (χ0n) is 10.5. The molecule has 2 rings (SSSR count). The number of ether oxygens (including phenoxy) is 1. The minimum absolute atomic E-state index is 0.457. The number of nitrogens with two attached hydrogens (primary N) is 1. The van der Waals surface area contributed by atoms with Gasteiger partial charge in [0.25, 0.3) is 0 Å². The summed E-state index contributed by atoms with van der Waals surface area (Å²) in [5, 5.41) is 0. The number of rotatable bonds is 5. The van der Waals surface area contributed by atoms with Crippen LogP contribution in [0.15, 0.2) is 0 Å². The predicted octanol–water partition coefficient (Wildman–Crippen LogP) is 3.10. The van der Waals surface area contributed by atoms with Crippen LogP contribution in [0.1, 0.15) is 57.8 Å². The van der Waals surface area contributed by atoms with Gasteiger partial charge in [0.15, 0.2) is 0 Å². The van der Waals surface area contributed by atoms with Crippen molar-refractivity contribution in [3.05, 3.63) is 0 Å². The molecule has 2 fully saturated rings. The third kappa shape index (κ3) is 3.74. The van der Waals surface area contributed by atoms with Gasteiger partial charge in [-0.2, -0.15) is 0 Å². The van der Waals surface area contributed by atoms with Gasteiger partial charge in [0.1, 0.15) is 0 Å². The van der Waals surface area contributed by atoms with E-state index in [0.717, 1.165) is 25.0 Å². The smallest absolute Gasteiger partial charge is 0.0494 e. The highest BCUT2D eigenvalue weighted by atomic mass is 16.5. The molecule has 2 saturated carbocycles. The van der Waals surface area contributed by atoms with Gasteiger partial charge in [0.05, 0.1) is 0 Å². The van der Waals surface area contributed by atoms with Crippen molar-refractivity contribution in [1.29, 1.82) is 0 Å². The van der Waals surface area contributed by atoms with E-state index in [1.54, 1.807) is 0 Å². The van der Waals surface area contributed by atoms with E-state index in [2.05, 4.69) is 0 Å². The van der Waals surface area contributed by atoms with Gasteiger partial charge >= 0.3 is 0 Å². The summed E-state index contributed by atoms with van der Waals surface area (Å²) in [6, 6.07) is 0.457. The van der Waals surface area contributed by atoms with E-state index >= 15 is 0 Å². The van der Waals surface area contributed by atoms with Crippen molar-refractivity contribution in [3.63, 3.8) is 0 Å². The molecule has 0 spiro atoms. The maximum Gasteiger partial charge on any atom is 0.0494 e. The van der Waals surface area contributed by atoms with Gasteiger partial charge in [-0.25, -0.2) is 0 Å². The lowest BCUT2D eigenvalue weighted by Crippen LogP contribution is -2.25. The molecule has 2 nitrogen and oxygen atoms in total. The van der Waals surface area contributed by atoms with Crippen molar-refractivity contribution in [2.75, 3.05) is 13.2 Å². The zero-order valence-corrected chi connectivity index (χ0v) is 10.5. The monoisotopic (exact) mass is 225 g/mol. The second-order valence-electron chi connectivity index (χ2n) is 5.72. The van der Waals surface area contributed by atoms with Gasteiger partial charge in [-0.3, -0.25) is 0 Å². The number of hydrogen-bond donors (Lipinski definition) is 1. The first-order valence-corrected chi connectivity index (χ1v) is 7.19. The molecule has 0 bridgehead atoms. The normalized spacial score (nSPS) is 32.1. The van der Waals surface area contributed by atoms with E-state index in [1.165, 1.54) is 57.8 Å². The molecular weight excluding hydrogens is 198 g/mol. The van der Waals surface area contributed by atoms with Crippen molar-refractivity contribution < 1.29 is 4.74 Å². The third-order valence-corrected chi connectivity index (χ3v) is 4.43. The van der Waals surface area contributed by atoms with E-state index in [0.29, 0.717) is 6.04 Å². The minimum Gasteiger partial charge on any atom is -0.381 e. The van der Waals surface area contributed by atoms with E-state index in [1.807, 2.05) is 0 Å². The number of hydrogen-bond acceptors (Lipinski definition) is 2. The van der Waals surface area contributed by atoms with Crippen molar-refractivity contribution >= 4 is 0 Å². The summed E-state index contributed by atoms with van der Waals surface area (Å²) in [6.45, 7) is 1.94. The first-order chi connectivity index (χ1) is 7.86. The maximum absolute atomic E-state index is 6.05. The van der Waals surface area contributed by atoms with Crippen LogP contribution >= 0.6 is 0 Å². The Morgan fingerprint density at radius 1 is 0.938 bits per heavy atom. The molecule has 2 aliphatic rings. The van der Waals surface area contributed by atoms with Gasteiger partial charge in [-0.15, -0.1) is 0 Å². The Labute approximate surface area is 99.9 Å². The first kappa shape index (κ1) is 12.4. The Balaban J connectivity index is 1.51. The Hall–Kier alpha value is -0.0800. The SMILES string of the molecule is NC1CCCC1CCOCC1CCCCC1. The average molecular weight is 225 g/mol. The van der Waals surface area contributed by atoms with Crippen LogP contribution in [0.4, 0.5) is 0 Å². The van der Waals surface area contributed by atoms with E-state index in [-0.39, 0.29) is 0 Å². The molecule has 0 aromatic heterocycles. The lowest BCUT2D eigenvalue weighted by molar-refractivity contribution is 0.0751. The fraction of sp³-hybridized carbons (Fsp3) is 1.00. The first-order valence-electron chi connectivity index (χ1n) is 7.19. The molecule has 2 N–H and O–H groups in total. The summed E-state index contributed by atoms with van der Waals surface area (Å²) in [7, 11) is 0. The van der Waals surface area contributed by atoms with Gasteiger partial charge < -0.3 is 10.5 Å². The molecule has 0 aromatic rings. The minimum atomic E-state index is 0.457. The van der Waals surface area contributed by atoms with Gasteiger partial charge in [-0.1, -0.05) is 25.7 Å². The summed E-state index contributed by atoms with van der Waals surface area (Å²) in [6.07, 6.45) is 12.1. The molecule has 0 saturated heterocycles. The lowest BCUT2D eigenvalue weighted by Gasteiger charge is -2.22. The molecule has 2 atom stereocenters. The van der Waals surface area contributed by atoms with Crippen LogP contribution in [-0.2, 0) is 4.74 Å². The van der Waals surface area contributed by atoms with Crippen LogP contribution in [-0.4, -0.2) is 19.3 Å². The Bertz CT molecular complexity index is 189. The highest BCUT2D eigenvalue weighted by Crippen LogP contribution is 2.27. The van der Waals surface area contributed by atoms with E-state index in [9.17, 15) is 0 Å². The van der Waals surface area contributed by atoms with Crippen LogP contribution in [0.5, 0.6) is 0 Å². The Kier molecular flexibility index (Phi) is 5.11. The molecule has 0 aromatic carbocycles. The summed E-state index contributed by atoms with van der Waals surface area (Å²) in [5.41, 5.74) is 6.05. The summed E-state index contributed by atoms with van der Waals surface area (Å²) < 4.78 is 5.83. The highest BCUT2D eigenvalue weighted by Gasteiger charge is 2.23. The molecular formula is C14H27NO. The van der Waals surface area contributed by atoms with Gasteiger partial charge in [-0.05, 0) is 43.9 Å². The molecule has 94 valence electrons. The Morgan fingerprint density at radius 2 is 1.75 bits per heavy atom. The predicted molar refractivity (Wildman–Crippen MR) is 67.3 cm³/mol. The van der Waals surface area contributed by atoms with Crippen LogP contribution in [0.3, 0.4) is 0 Å². The average Bonchev–Trinajstić information content (AvgIpc) is 2.72. The zero-order chi connectivity index (χ0) is 11.2. The van der Waals surface area contributed by atoms with Crippen molar-refractivity contribution in [3.8, 4) is 0 Å². The van der Waals surface area contributed by atoms with Crippen LogP contribution in [0.2, 0.25) is 0 Å². The Morgan fingerprint density at radius 3 is 2.44 bits per heavy atom. The van der Waals surface area contributed by atoms with Crippen molar-refractivity contribution in [1.82, 2.24) is 0 Å². The maximum atomic E-state index is 6.05. The highest BCUT2D eigenvalue weighted by molar-refractivity contribution is 4.79. The standard InChI is InChI=1S/C14H27NO/c15-14-8-4-7-13(14)9-10-16-11-12-5-2-1-3-6-12/h12-14H,1-11,15H2. The van der Waals surface area contributed by atoms with E-state index in [4.69, 9.17) is 10.5 Å². The molecule has 0 amide bonds. The fourth-order valence-corrected chi connectivity index (χ4v) is 3.26. The van der Waals surface area contributed by atoms with Crippen LogP contribution in [0.25, 0.3) is 0 Å². The molecule has 0 aliphatic heterocycles. The van der Waals surface area contributed by atoms with Crippen molar-refractivity contribution in [2.45, 2.75) is 63.8 Å². The topological polar surface area (TPSA) is 35.2 Å². The summed E-state index contributed by atoms with van der Waals surface area (Å²) in [5.74, 6) is 1.59. The molecule has 2 unspecified atom stereocenters. The summed E-state index contributed by atoms with van der Waals surface area (Å²) >= 11 is 0. The quantitative estimate of drug-likeness (QED) is 0.730. The second-order valence-corrected chi connectivity index (χ2v) is 5.72. The van der Waals surface area contributed by atoms with Crippen molar-refractivity contribution in [2.24, 2.45) is 17.6 Å². The van der Waals surface area contributed by atoms with Crippen LogP contribution in [0, 0.1) is 11.8 Å². The molecule has 0 radical (unpaired) electrons. The van der Waals surface area contributed by atoms with Crippen LogP contribution < -0.4 is 5.73 Å². The molecule has 2 heteroatoms. The fourth-order valence-electron chi connectivity index (χ4n) is 3.26.